The van der Waals surface area contributed by atoms with Crippen molar-refractivity contribution in [2.45, 2.75) is 9.79 Å². The molecule has 2 aromatic rings. The molecule has 0 saturated carbocycles. The molecule has 1 fully saturated rings. The first kappa shape index (κ1) is 14.7. The van der Waals surface area contributed by atoms with Gasteiger partial charge in [0.15, 0.2) is 0 Å². The molecule has 0 aliphatic carbocycles. The number of rotatable bonds is 2. The summed E-state index contributed by atoms with van der Waals surface area (Å²) < 4.78 is 5.45. The Hall–Kier alpha value is -1.85. The van der Waals surface area contributed by atoms with Gasteiger partial charge in [0.25, 0.3) is 0 Å². The summed E-state index contributed by atoms with van der Waals surface area (Å²) in [5, 5.41) is 3.61. The normalized spacial score (nSPS) is 16.3. The fraction of sp³-hybridized carbons (Fsp3) is 0.333. The van der Waals surface area contributed by atoms with Crippen molar-refractivity contribution in [3.05, 3.63) is 36.4 Å². The largest absolute Gasteiger partial charge is 0.378 e. The van der Waals surface area contributed by atoms with E-state index in [-0.39, 0.29) is 0 Å². The zero-order valence-corrected chi connectivity index (χ0v) is 14.3. The summed E-state index contributed by atoms with van der Waals surface area (Å²) in [6.07, 6.45) is 0. The second-order valence-corrected chi connectivity index (χ2v) is 7.17. The van der Waals surface area contributed by atoms with Gasteiger partial charge >= 0.3 is 0 Å². The molecule has 1 N–H and O–H groups in total. The van der Waals surface area contributed by atoms with E-state index in [1.165, 1.54) is 32.5 Å². The van der Waals surface area contributed by atoms with Crippen molar-refractivity contribution >= 4 is 34.5 Å². The SMILES string of the molecule is CN(C)c1ccc2c(c1)Nc1cc(N3CCOCC3)ccc1S2. The predicted octanol–water partition coefficient (Wildman–Crippen LogP) is 3.80. The van der Waals surface area contributed by atoms with Crippen LogP contribution in [0.1, 0.15) is 0 Å². The summed E-state index contributed by atoms with van der Waals surface area (Å²) in [6.45, 7) is 3.56. The minimum atomic E-state index is 0.814. The summed E-state index contributed by atoms with van der Waals surface area (Å²) >= 11 is 1.83. The molecule has 2 aliphatic heterocycles. The first-order chi connectivity index (χ1) is 11.2. The molecular formula is C18H21N3OS. The number of benzene rings is 2. The van der Waals surface area contributed by atoms with Crippen molar-refractivity contribution < 1.29 is 4.74 Å². The Morgan fingerprint density at radius 2 is 1.70 bits per heavy atom. The van der Waals surface area contributed by atoms with Crippen LogP contribution < -0.4 is 15.1 Å². The zero-order valence-electron chi connectivity index (χ0n) is 13.5. The van der Waals surface area contributed by atoms with E-state index in [9.17, 15) is 0 Å². The van der Waals surface area contributed by atoms with E-state index in [4.69, 9.17) is 4.74 Å². The number of ether oxygens (including phenoxy) is 1. The molecule has 2 aliphatic rings. The Morgan fingerprint density at radius 3 is 2.43 bits per heavy atom. The molecule has 1 saturated heterocycles. The first-order valence-electron chi connectivity index (χ1n) is 7.94. The first-order valence-corrected chi connectivity index (χ1v) is 8.75. The molecule has 4 rings (SSSR count). The van der Waals surface area contributed by atoms with Gasteiger partial charge in [-0.25, -0.2) is 0 Å². The quantitative estimate of drug-likeness (QED) is 0.773. The van der Waals surface area contributed by atoms with Crippen molar-refractivity contribution in [3.8, 4) is 0 Å². The van der Waals surface area contributed by atoms with Gasteiger partial charge in [0.1, 0.15) is 0 Å². The highest BCUT2D eigenvalue weighted by Gasteiger charge is 2.19. The number of morpholine rings is 1. The van der Waals surface area contributed by atoms with E-state index in [0.717, 1.165) is 26.3 Å². The van der Waals surface area contributed by atoms with Crippen LogP contribution in [0.25, 0.3) is 0 Å². The fourth-order valence-electron chi connectivity index (χ4n) is 2.97. The average Bonchev–Trinajstić information content (AvgIpc) is 2.59. The standard InChI is InChI=1S/C18H21N3OS/c1-20(2)13-3-5-17-15(11-13)19-16-12-14(4-6-18(16)23-17)21-7-9-22-10-8-21/h3-6,11-12,19H,7-10H2,1-2H3. The van der Waals surface area contributed by atoms with Gasteiger partial charge in [0.05, 0.1) is 24.6 Å². The number of hydrogen-bond acceptors (Lipinski definition) is 5. The molecule has 23 heavy (non-hydrogen) atoms. The van der Waals surface area contributed by atoms with Gasteiger partial charge in [-0.15, -0.1) is 0 Å². The topological polar surface area (TPSA) is 27.7 Å². The predicted molar refractivity (Wildman–Crippen MR) is 97.6 cm³/mol. The van der Waals surface area contributed by atoms with Crippen molar-refractivity contribution in [2.24, 2.45) is 0 Å². The number of nitrogens with one attached hydrogen (secondary N) is 1. The van der Waals surface area contributed by atoms with Crippen LogP contribution in [0.15, 0.2) is 46.2 Å². The van der Waals surface area contributed by atoms with Crippen molar-refractivity contribution in [1.29, 1.82) is 0 Å². The van der Waals surface area contributed by atoms with Crippen molar-refractivity contribution in [3.63, 3.8) is 0 Å². The van der Waals surface area contributed by atoms with E-state index >= 15 is 0 Å². The van der Waals surface area contributed by atoms with Gasteiger partial charge in [0, 0.05) is 48.4 Å². The van der Waals surface area contributed by atoms with Crippen LogP contribution in [0.5, 0.6) is 0 Å². The molecule has 2 aromatic carbocycles. The summed E-state index contributed by atoms with van der Waals surface area (Å²) in [4.78, 5) is 7.09. The minimum Gasteiger partial charge on any atom is -0.378 e. The molecule has 0 atom stereocenters. The van der Waals surface area contributed by atoms with Crippen LogP contribution in [0, 0.1) is 0 Å². The third kappa shape index (κ3) is 2.86. The highest BCUT2D eigenvalue weighted by molar-refractivity contribution is 7.99. The Labute approximate surface area is 141 Å². The molecule has 0 spiro atoms. The van der Waals surface area contributed by atoms with Gasteiger partial charge in [-0.2, -0.15) is 0 Å². The highest BCUT2D eigenvalue weighted by atomic mass is 32.2. The highest BCUT2D eigenvalue weighted by Crippen LogP contribution is 2.46. The van der Waals surface area contributed by atoms with E-state index in [1.807, 2.05) is 11.8 Å². The Bertz CT molecular complexity index is 726. The zero-order chi connectivity index (χ0) is 15.8. The van der Waals surface area contributed by atoms with Gasteiger partial charge in [-0.3, -0.25) is 0 Å². The van der Waals surface area contributed by atoms with Crippen LogP contribution in [0.2, 0.25) is 0 Å². The Kier molecular flexibility index (Phi) is 3.83. The smallest absolute Gasteiger partial charge is 0.0642 e. The van der Waals surface area contributed by atoms with Crippen LogP contribution in [0.3, 0.4) is 0 Å². The molecule has 2 heterocycles. The summed E-state index contributed by atoms with van der Waals surface area (Å²) in [6, 6.07) is 13.3. The second-order valence-electron chi connectivity index (χ2n) is 6.08. The average molecular weight is 327 g/mol. The Morgan fingerprint density at radius 1 is 1.00 bits per heavy atom. The number of fused-ring (bicyclic) bond motifs is 2. The van der Waals surface area contributed by atoms with Crippen LogP contribution in [0.4, 0.5) is 22.7 Å². The maximum absolute atomic E-state index is 5.45. The molecule has 4 nitrogen and oxygen atoms in total. The monoisotopic (exact) mass is 327 g/mol. The molecule has 0 aromatic heterocycles. The number of nitrogens with zero attached hydrogens (tertiary/aromatic N) is 2. The molecule has 5 heteroatoms. The maximum Gasteiger partial charge on any atom is 0.0642 e. The molecule has 0 amide bonds. The van der Waals surface area contributed by atoms with Gasteiger partial charge < -0.3 is 19.9 Å². The van der Waals surface area contributed by atoms with Crippen LogP contribution in [-0.4, -0.2) is 40.4 Å². The van der Waals surface area contributed by atoms with E-state index in [1.54, 1.807) is 0 Å². The van der Waals surface area contributed by atoms with E-state index < -0.39 is 0 Å². The second kappa shape index (κ2) is 5.98. The summed E-state index contributed by atoms with van der Waals surface area (Å²) in [7, 11) is 4.14. The lowest BCUT2D eigenvalue weighted by atomic mass is 10.2. The lowest BCUT2D eigenvalue weighted by Gasteiger charge is -2.30. The van der Waals surface area contributed by atoms with Gasteiger partial charge in [-0.05, 0) is 36.4 Å². The molecule has 120 valence electrons. The lowest BCUT2D eigenvalue weighted by molar-refractivity contribution is 0.122. The summed E-state index contributed by atoms with van der Waals surface area (Å²) in [5.41, 5.74) is 4.87. The number of hydrogen-bond donors (Lipinski definition) is 1. The molecule has 0 bridgehead atoms. The third-order valence-electron chi connectivity index (χ3n) is 4.31. The minimum absolute atomic E-state index is 0.814. The summed E-state index contributed by atoms with van der Waals surface area (Å²) in [5.74, 6) is 0. The maximum atomic E-state index is 5.45. The fourth-order valence-corrected chi connectivity index (χ4v) is 3.92. The van der Waals surface area contributed by atoms with E-state index in [0.29, 0.717) is 0 Å². The van der Waals surface area contributed by atoms with Crippen LogP contribution >= 0.6 is 11.8 Å². The van der Waals surface area contributed by atoms with Gasteiger partial charge in [0.2, 0.25) is 0 Å². The van der Waals surface area contributed by atoms with Crippen molar-refractivity contribution in [1.82, 2.24) is 0 Å². The van der Waals surface area contributed by atoms with E-state index in [2.05, 4.69) is 65.6 Å². The van der Waals surface area contributed by atoms with Gasteiger partial charge in [-0.1, -0.05) is 11.8 Å². The van der Waals surface area contributed by atoms with Crippen molar-refractivity contribution in [2.75, 3.05) is 55.5 Å². The molecule has 0 unspecified atom stereocenters. The van der Waals surface area contributed by atoms with Crippen LogP contribution in [-0.2, 0) is 4.74 Å². The molecule has 0 radical (unpaired) electrons. The Balaban J connectivity index is 1.63. The lowest BCUT2D eigenvalue weighted by Crippen LogP contribution is -2.36. The third-order valence-corrected chi connectivity index (χ3v) is 5.46. The number of anilines is 4. The molecular weight excluding hydrogens is 306 g/mol.